The molecule has 3 N–H and O–H groups in total. The molecule has 4 aromatic rings. The monoisotopic (exact) mass is 405 g/mol. The highest BCUT2D eigenvalue weighted by Crippen LogP contribution is 2.35. The van der Waals surface area contributed by atoms with E-state index in [-0.39, 0.29) is 18.2 Å². The minimum atomic E-state index is -1.57. The number of nitrogens with zero attached hydrogens (tertiary/aromatic N) is 1. The van der Waals surface area contributed by atoms with Crippen molar-refractivity contribution >= 4 is 22.7 Å². The molecule has 3 heterocycles. The highest BCUT2D eigenvalue weighted by Gasteiger charge is 2.51. The first-order valence-corrected chi connectivity index (χ1v) is 9.23. The maximum Gasteiger partial charge on any atom is 0.322 e. The lowest BCUT2D eigenvalue weighted by Gasteiger charge is -2.24. The first kappa shape index (κ1) is 18.0. The van der Waals surface area contributed by atoms with Crippen LogP contribution in [0.3, 0.4) is 0 Å². The number of rotatable bonds is 4. The van der Waals surface area contributed by atoms with Gasteiger partial charge in [-0.15, -0.1) is 0 Å². The molecule has 1 saturated heterocycles. The van der Waals surface area contributed by atoms with E-state index in [0.717, 1.165) is 5.56 Å². The standard InChI is InChI=1S/C22H16FN3O4/c23-15-7-6-14-11-26(19(27)16(14)10-15)12-22(20(28)24-21(29)25-22)18-9-8-17(30-18)13-4-2-1-3-5-13/h1-11,27H,12H2,(H2,24,25,28,29)/t22-/m1/s1. The number of aromatic hydroxyl groups is 1. The Bertz CT molecular complexity index is 1290. The van der Waals surface area contributed by atoms with Gasteiger partial charge in [-0.05, 0) is 30.3 Å². The number of aromatic nitrogens is 1. The molecule has 1 fully saturated rings. The molecular weight excluding hydrogens is 389 g/mol. The average molecular weight is 405 g/mol. The first-order chi connectivity index (χ1) is 14.5. The Hall–Kier alpha value is -4.07. The lowest BCUT2D eigenvalue weighted by molar-refractivity contribution is -0.125. The molecule has 30 heavy (non-hydrogen) atoms. The van der Waals surface area contributed by atoms with Crippen LogP contribution < -0.4 is 10.6 Å². The predicted molar refractivity (Wildman–Crippen MR) is 106 cm³/mol. The Morgan fingerprint density at radius 2 is 1.87 bits per heavy atom. The van der Waals surface area contributed by atoms with E-state index < -0.39 is 23.3 Å². The fraction of sp³-hybridized carbons (Fsp3) is 0.0909. The molecule has 7 nitrogen and oxygen atoms in total. The molecule has 2 aromatic carbocycles. The van der Waals surface area contributed by atoms with Crippen molar-refractivity contribution in [2.75, 3.05) is 0 Å². The van der Waals surface area contributed by atoms with Crippen LogP contribution in [0.4, 0.5) is 9.18 Å². The van der Waals surface area contributed by atoms with Gasteiger partial charge in [0.05, 0.1) is 6.54 Å². The van der Waals surface area contributed by atoms with Crippen LogP contribution in [0.25, 0.3) is 22.1 Å². The Labute approximate surface area is 169 Å². The topological polar surface area (TPSA) is 96.5 Å². The van der Waals surface area contributed by atoms with Gasteiger partial charge in [-0.2, -0.15) is 0 Å². The highest BCUT2D eigenvalue weighted by atomic mass is 19.1. The van der Waals surface area contributed by atoms with E-state index in [1.807, 2.05) is 30.3 Å². The van der Waals surface area contributed by atoms with Gasteiger partial charge in [-0.1, -0.05) is 30.3 Å². The summed E-state index contributed by atoms with van der Waals surface area (Å²) >= 11 is 0. The smallest absolute Gasteiger partial charge is 0.322 e. The molecule has 0 aliphatic carbocycles. The van der Waals surface area contributed by atoms with E-state index in [1.165, 1.54) is 22.8 Å². The summed E-state index contributed by atoms with van der Waals surface area (Å²) in [7, 11) is 0. The minimum Gasteiger partial charge on any atom is -0.494 e. The van der Waals surface area contributed by atoms with Crippen LogP contribution in [-0.4, -0.2) is 21.6 Å². The van der Waals surface area contributed by atoms with Crippen LogP contribution in [-0.2, 0) is 16.9 Å². The number of fused-ring (bicyclic) bond motifs is 1. The Morgan fingerprint density at radius 3 is 2.60 bits per heavy atom. The Kier molecular flexibility index (Phi) is 3.89. The van der Waals surface area contributed by atoms with Gasteiger partial charge in [0.15, 0.2) is 11.4 Å². The third kappa shape index (κ3) is 2.73. The molecule has 150 valence electrons. The van der Waals surface area contributed by atoms with Gasteiger partial charge in [0.2, 0.25) is 0 Å². The van der Waals surface area contributed by atoms with E-state index in [4.69, 9.17) is 4.42 Å². The lowest BCUT2D eigenvalue weighted by atomic mass is 9.96. The van der Waals surface area contributed by atoms with Gasteiger partial charge in [0.1, 0.15) is 17.3 Å². The molecule has 0 unspecified atom stereocenters. The molecule has 8 heteroatoms. The molecule has 0 radical (unpaired) electrons. The Balaban J connectivity index is 1.60. The number of hydrogen-bond donors (Lipinski definition) is 3. The zero-order valence-electron chi connectivity index (χ0n) is 15.6. The molecule has 0 saturated carbocycles. The number of carbonyl (C=O) groups excluding carboxylic acids is 2. The summed E-state index contributed by atoms with van der Waals surface area (Å²) in [5, 5.41) is 16.4. The van der Waals surface area contributed by atoms with Crippen molar-refractivity contribution in [3.05, 3.63) is 78.4 Å². The minimum absolute atomic E-state index is 0.144. The van der Waals surface area contributed by atoms with Gasteiger partial charge < -0.3 is 19.4 Å². The number of hydrogen-bond acceptors (Lipinski definition) is 4. The molecule has 3 amide bonds. The number of urea groups is 1. The predicted octanol–water partition coefficient (Wildman–Crippen LogP) is 3.48. The van der Waals surface area contributed by atoms with Crippen LogP contribution in [0.5, 0.6) is 5.88 Å². The van der Waals surface area contributed by atoms with Crippen LogP contribution in [0.1, 0.15) is 5.76 Å². The quantitative estimate of drug-likeness (QED) is 0.453. The van der Waals surface area contributed by atoms with Crippen molar-refractivity contribution in [2.24, 2.45) is 0 Å². The summed E-state index contributed by atoms with van der Waals surface area (Å²) < 4.78 is 20.9. The fourth-order valence-corrected chi connectivity index (χ4v) is 3.77. The van der Waals surface area contributed by atoms with Crippen molar-refractivity contribution in [1.29, 1.82) is 0 Å². The average Bonchev–Trinajstić information content (AvgIpc) is 3.41. The largest absolute Gasteiger partial charge is 0.494 e. The second-order valence-electron chi connectivity index (χ2n) is 7.16. The molecule has 5 rings (SSSR count). The Morgan fingerprint density at radius 1 is 1.07 bits per heavy atom. The van der Waals surface area contributed by atoms with Crippen LogP contribution in [0.2, 0.25) is 0 Å². The van der Waals surface area contributed by atoms with Crippen molar-refractivity contribution < 1.29 is 23.5 Å². The van der Waals surface area contributed by atoms with Crippen LogP contribution >= 0.6 is 0 Å². The number of furan rings is 1. The zero-order valence-corrected chi connectivity index (χ0v) is 15.6. The summed E-state index contributed by atoms with van der Waals surface area (Å²) in [5.41, 5.74) is -0.761. The van der Waals surface area contributed by atoms with Crippen LogP contribution in [0.15, 0.2) is 71.3 Å². The number of amides is 3. The van der Waals surface area contributed by atoms with Gasteiger partial charge in [0.25, 0.3) is 5.91 Å². The number of benzene rings is 2. The molecule has 1 aliphatic heterocycles. The number of imide groups is 1. The summed E-state index contributed by atoms with van der Waals surface area (Å²) in [6, 6.07) is 16.0. The van der Waals surface area contributed by atoms with Gasteiger partial charge >= 0.3 is 6.03 Å². The van der Waals surface area contributed by atoms with Gasteiger partial charge in [-0.25, -0.2) is 9.18 Å². The van der Waals surface area contributed by atoms with E-state index in [0.29, 0.717) is 16.5 Å². The van der Waals surface area contributed by atoms with E-state index >= 15 is 0 Å². The zero-order chi connectivity index (χ0) is 20.9. The molecule has 0 spiro atoms. The van der Waals surface area contributed by atoms with Crippen molar-refractivity contribution in [3.63, 3.8) is 0 Å². The van der Waals surface area contributed by atoms with Crippen molar-refractivity contribution in [1.82, 2.24) is 15.2 Å². The summed E-state index contributed by atoms with van der Waals surface area (Å²) in [6.07, 6.45) is 1.59. The number of carbonyl (C=O) groups is 2. The van der Waals surface area contributed by atoms with E-state index in [9.17, 15) is 19.1 Å². The first-order valence-electron chi connectivity index (χ1n) is 9.23. The van der Waals surface area contributed by atoms with Gasteiger partial charge in [-0.3, -0.25) is 10.1 Å². The SMILES string of the molecule is O=C1NC(=O)[C@@](Cn2cc3ccc(F)cc3c2O)(c2ccc(-c3ccccc3)o2)N1. The highest BCUT2D eigenvalue weighted by molar-refractivity contribution is 6.07. The molecule has 0 bridgehead atoms. The molecule has 2 aromatic heterocycles. The number of nitrogens with one attached hydrogen (secondary N) is 2. The van der Waals surface area contributed by atoms with Crippen LogP contribution in [0, 0.1) is 5.82 Å². The lowest BCUT2D eigenvalue weighted by Crippen LogP contribution is -2.47. The van der Waals surface area contributed by atoms with E-state index in [2.05, 4.69) is 10.6 Å². The summed E-state index contributed by atoms with van der Waals surface area (Å²) in [5.74, 6) is -0.566. The maximum atomic E-state index is 13.6. The second-order valence-corrected chi connectivity index (χ2v) is 7.16. The molecule has 1 aliphatic rings. The normalized spacial score (nSPS) is 18.6. The van der Waals surface area contributed by atoms with Crippen molar-refractivity contribution in [3.8, 4) is 17.2 Å². The second kappa shape index (κ2) is 6.48. The number of halogens is 1. The molecular formula is C22H16FN3O4. The summed E-state index contributed by atoms with van der Waals surface area (Å²) in [4.78, 5) is 24.8. The fourth-order valence-electron chi connectivity index (χ4n) is 3.77. The summed E-state index contributed by atoms with van der Waals surface area (Å²) in [6.45, 7) is -0.144. The van der Waals surface area contributed by atoms with Crippen molar-refractivity contribution in [2.45, 2.75) is 12.1 Å². The molecule has 1 atom stereocenters. The third-order valence-electron chi connectivity index (χ3n) is 5.26. The van der Waals surface area contributed by atoms with E-state index in [1.54, 1.807) is 18.3 Å². The maximum absolute atomic E-state index is 13.6. The third-order valence-corrected chi connectivity index (χ3v) is 5.26. The van der Waals surface area contributed by atoms with Gasteiger partial charge in [0, 0.05) is 22.5 Å².